The van der Waals surface area contributed by atoms with Gasteiger partial charge in [0.2, 0.25) is 0 Å². The van der Waals surface area contributed by atoms with Crippen LogP contribution < -0.4 is 15.4 Å². The molecule has 1 saturated heterocycles. The lowest BCUT2D eigenvalue weighted by Crippen LogP contribution is -2.40. The van der Waals surface area contributed by atoms with E-state index in [-0.39, 0.29) is 11.9 Å². The molecule has 1 heterocycles. The van der Waals surface area contributed by atoms with E-state index in [2.05, 4.69) is 20.5 Å². The molecule has 0 bridgehead atoms. The number of morpholine rings is 1. The fourth-order valence-electron chi connectivity index (χ4n) is 3.13. The molecule has 2 fully saturated rings. The summed E-state index contributed by atoms with van der Waals surface area (Å²) in [5, 5.41) is 6.63. The molecule has 1 aromatic carbocycles. The lowest BCUT2D eigenvalue weighted by molar-refractivity contribution is 0.0394. The SMILES string of the molecule is CCNC(=NCCN1CCOCC1)NC(C)c1ccc(OCC2CC2)c(F)c1. The first-order valence-electron chi connectivity index (χ1n) is 10.4. The van der Waals surface area contributed by atoms with Gasteiger partial charge in [0.1, 0.15) is 0 Å². The third-order valence-corrected chi connectivity index (χ3v) is 5.11. The number of nitrogens with zero attached hydrogens (tertiary/aromatic N) is 2. The molecular weight excluding hydrogens is 359 g/mol. The van der Waals surface area contributed by atoms with Gasteiger partial charge >= 0.3 is 0 Å². The number of guanidine groups is 1. The first-order chi connectivity index (χ1) is 13.7. The fourth-order valence-corrected chi connectivity index (χ4v) is 3.13. The Bertz CT molecular complexity index is 645. The maximum atomic E-state index is 14.4. The molecule has 6 nitrogen and oxygen atoms in total. The molecule has 156 valence electrons. The van der Waals surface area contributed by atoms with Crippen LogP contribution >= 0.6 is 0 Å². The van der Waals surface area contributed by atoms with E-state index in [4.69, 9.17) is 9.47 Å². The first kappa shape index (κ1) is 20.9. The zero-order chi connectivity index (χ0) is 19.8. The van der Waals surface area contributed by atoms with Crippen molar-refractivity contribution in [3.05, 3.63) is 29.6 Å². The predicted octanol–water partition coefficient (Wildman–Crippen LogP) is 2.56. The summed E-state index contributed by atoms with van der Waals surface area (Å²) in [6.07, 6.45) is 2.39. The summed E-state index contributed by atoms with van der Waals surface area (Å²) in [5.74, 6) is 1.39. The molecule has 2 N–H and O–H groups in total. The second-order valence-electron chi connectivity index (χ2n) is 7.52. The van der Waals surface area contributed by atoms with Crippen LogP contribution in [0.1, 0.15) is 38.3 Å². The Hall–Kier alpha value is -1.86. The molecule has 3 rings (SSSR count). The highest BCUT2D eigenvalue weighted by molar-refractivity contribution is 5.80. The normalized spacial score (nSPS) is 19.3. The van der Waals surface area contributed by atoms with Crippen molar-refractivity contribution in [1.82, 2.24) is 15.5 Å². The van der Waals surface area contributed by atoms with E-state index in [9.17, 15) is 4.39 Å². The highest BCUT2D eigenvalue weighted by atomic mass is 19.1. The summed E-state index contributed by atoms with van der Waals surface area (Å²) in [6.45, 7) is 10.6. The third-order valence-electron chi connectivity index (χ3n) is 5.11. The predicted molar refractivity (Wildman–Crippen MR) is 109 cm³/mol. The fraction of sp³-hybridized carbons (Fsp3) is 0.667. The van der Waals surface area contributed by atoms with E-state index in [1.54, 1.807) is 12.1 Å². The van der Waals surface area contributed by atoms with Gasteiger partial charge in [0.25, 0.3) is 0 Å². The molecule has 1 atom stereocenters. The molecule has 0 amide bonds. The van der Waals surface area contributed by atoms with Crippen molar-refractivity contribution in [2.75, 3.05) is 52.5 Å². The second kappa shape index (κ2) is 10.6. The van der Waals surface area contributed by atoms with Crippen LogP contribution in [0.5, 0.6) is 5.75 Å². The van der Waals surface area contributed by atoms with Crippen molar-refractivity contribution in [2.24, 2.45) is 10.9 Å². The molecule has 0 radical (unpaired) electrons. The molecule has 1 aromatic rings. The number of hydrogen-bond donors (Lipinski definition) is 2. The quantitative estimate of drug-likeness (QED) is 0.500. The molecule has 0 spiro atoms. The minimum Gasteiger partial charge on any atom is -0.490 e. The van der Waals surface area contributed by atoms with Gasteiger partial charge in [-0.25, -0.2) is 4.39 Å². The van der Waals surface area contributed by atoms with E-state index in [0.29, 0.717) is 24.8 Å². The lowest BCUT2D eigenvalue weighted by atomic mass is 10.1. The van der Waals surface area contributed by atoms with Gasteiger partial charge in [0, 0.05) is 26.2 Å². The van der Waals surface area contributed by atoms with E-state index < -0.39 is 0 Å². The van der Waals surface area contributed by atoms with Crippen LogP contribution in [0.25, 0.3) is 0 Å². The zero-order valence-corrected chi connectivity index (χ0v) is 17.0. The Morgan fingerprint density at radius 1 is 1.36 bits per heavy atom. The number of aliphatic imine (C=N–C) groups is 1. The van der Waals surface area contributed by atoms with Crippen molar-refractivity contribution in [2.45, 2.75) is 32.7 Å². The molecule has 2 aliphatic rings. The van der Waals surface area contributed by atoms with Crippen LogP contribution in [-0.4, -0.2) is 63.4 Å². The van der Waals surface area contributed by atoms with Gasteiger partial charge in [0.15, 0.2) is 17.5 Å². The Kier molecular flexibility index (Phi) is 7.91. The minimum atomic E-state index is -0.305. The van der Waals surface area contributed by atoms with Crippen LogP contribution in [0, 0.1) is 11.7 Å². The number of nitrogens with one attached hydrogen (secondary N) is 2. The van der Waals surface area contributed by atoms with Crippen LogP contribution in [0.2, 0.25) is 0 Å². The standard InChI is InChI=1S/C21H33FN4O2/c1-3-23-21(24-8-9-26-10-12-27-13-11-26)25-16(2)18-6-7-20(19(22)14-18)28-15-17-4-5-17/h6-7,14,16-17H,3-5,8-13,15H2,1-2H3,(H2,23,24,25). The average Bonchev–Trinajstić information content (AvgIpc) is 3.52. The van der Waals surface area contributed by atoms with Gasteiger partial charge < -0.3 is 20.1 Å². The van der Waals surface area contributed by atoms with E-state index in [0.717, 1.165) is 50.9 Å². The largest absolute Gasteiger partial charge is 0.490 e. The summed E-state index contributed by atoms with van der Waals surface area (Å²) >= 11 is 0. The van der Waals surface area contributed by atoms with Crippen molar-refractivity contribution >= 4 is 5.96 Å². The van der Waals surface area contributed by atoms with Gasteiger partial charge in [-0.05, 0) is 50.3 Å². The molecular formula is C21H33FN4O2. The summed E-state index contributed by atoms with van der Waals surface area (Å²) < 4.78 is 25.3. The van der Waals surface area contributed by atoms with E-state index in [1.165, 1.54) is 12.8 Å². The summed E-state index contributed by atoms with van der Waals surface area (Å²) in [6, 6.07) is 5.14. The van der Waals surface area contributed by atoms with Crippen molar-refractivity contribution < 1.29 is 13.9 Å². The van der Waals surface area contributed by atoms with Gasteiger partial charge in [-0.15, -0.1) is 0 Å². The molecule has 28 heavy (non-hydrogen) atoms. The van der Waals surface area contributed by atoms with Crippen molar-refractivity contribution in [3.8, 4) is 5.75 Å². The number of ether oxygens (including phenoxy) is 2. The van der Waals surface area contributed by atoms with E-state index in [1.807, 2.05) is 19.9 Å². The smallest absolute Gasteiger partial charge is 0.191 e. The van der Waals surface area contributed by atoms with E-state index >= 15 is 0 Å². The van der Waals surface area contributed by atoms with Gasteiger partial charge in [-0.3, -0.25) is 9.89 Å². The number of benzene rings is 1. The molecule has 1 aliphatic carbocycles. The second-order valence-corrected chi connectivity index (χ2v) is 7.52. The lowest BCUT2D eigenvalue weighted by Gasteiger charge is -2.26. The highest BCUT2D eigenvalue weighted by Gasteiger charge is 2.22. The first-order valence-corrected chi connectivity index (χ1v) is 10.4. The third kappa shape index (κ3) is 6.63. The van der Waals surface area contributed by atoms with Crippen LogP contribution in [0.3, 0.4) is 0 Å². The minimum absolute atomic E-state index is 0.0619. The average molecular weight is 393 g/mol. The number of halogens is 1. The molecule has 0 aromatic heterocycles. The number of rotatable bonds is 9. The molecule has 1 unspecified atom stereocenters. The summed E-state index contributed by atoms with van der Waals surface area (Å²) in [5.41, 5.74) is 0.870. The topological polar surface area (TPSA) is 58.1 Å². The Labute approximate surface area is 167 Å². The molecule has 1 saturated carbocycles. The van der Waals surface area contributed by atoms with Crippen molar-refractivity contribution in [1.29, 1.82) is 0 Å². The Morgan fingerprint density at radius 3 is 2.82 bits per heavy atom. The van der Waals surface area contributed by atoms with Crippen LogP contribution in [0.15, 0.2) is 23.2 Å². The monoisotopic (exact) mass is 392 g/mol. The van der Waals surface area contributed by atoms with Crippen molar-refractivity contribution in [3.63, 3.8) is 0 Å². The highest BCUT2D eigenvalue weighted by Crippen LogP contribution is 2.30. The Balaban J connectivity index is 1.52. The maximum Gasteiger partial charge on any atom is 0.191 e. The van der Waals surface area contributed by atoms with Gasteiger partial charge in [-0.2, -0.15) is 0 Å². The zero-order valence-electron chi connectivity index (χ0n) is 17.0. The summed E-state index contributed by atoms with van der Waals surface area (Å²) in [7, 11) is 0. The summed E-state index contributed by atoms with van der Waals surface area (Å²) in [4.78, 5) is 7.02. The molecule has 7 heteroatoms. The maximum absolute atomic E-state index is 14.4. The van der Waals surface area contributed by atoms with Gasteiger partial charge in [0.05, 0.1) is 32.4 Å². The Morgan fingerprint density at radius 2 is 2.14 bits per heavy atom. The molecule has 1 aliphatic heterocycles. The van der Waals surface area contributed by atoms with Gasteiger partial charge in [-0.1, -0.05) is 6.07 Å². The van der Waals surface area contributed by atoms with Crippen LogP contribution in [0.4, 0.5) is 4.39 Å². The van der Waals surface area contributed by atoms with Crippen LogP contribution in [-0.2, 0) is 4.74 Å². The number of hydrogen-bond acceptors (Lipinski definition) is 4.